The molecule has 0 amide bonds. The van der Waals surface area contributed by atoms with Gasteiger partial charge in [-0.25, -0.2) is 0 Å². The minimum atomic E-state index is -4.97. The van der Waals surface area contributed by atoms with Crippen molar-refractivity contribution in [1.82, 2.24) is 4.90 Å². The number of benzene rings is 2. The van der Waals surface area contributed by atoms with Gasteiger partial charge in [0.2, 0.25) is 0 Å². The lowest BCUT2D eigenvalue weighted by molar-refractivity contribution is -0.147. The van der Waals surface area contributed by atoms with E-state index in [2.05, 4.69) is 35.3 Å². The summed E-state index contributed by atoms with van der Waals surface area (Å²) < 4.78 is 84.6. The lowest BCUT2D eigenvalue weighted by Gasteiger charge is -2.39. The van der Waals surface area contributed by atoms with Gasteiger partial charge in [0.1, 0.15) is 6.61 Å². The molecule has 0 N–H and O–H groups in total. The van der Waals surface area contributed by atoms with Crippen LogP contribution in [0.5, 0.6) is 0 Å². The van der Waals surface area contributed by atoms with E-state index in [1.165, 1.54) is 22.5 Å². The summed E-state index contributed by atoms with van der Waals surface area (Å²) in [5.74, 6) is -1.35. The van der Waals surface area contributed by atoms with Gasteiger partial charge in [-0.2, -0.15) is 37.7 Å². The molecule has 1 spiro atoms. The SMILES string of the molecule is O=C(OCc1cc(C(F)(F)F)cc(C(F)(F)F)c1)[C@@H](CCN1CCC2(C=Cc3ccccc32)CC1)c1ccsc1. The van der Waals surface area contributed by atoms with Crippen molar-refractivity contribution in [3.05, 3.63) is 98.7 Å². The van der Waals surface area contributed by atoms with Crippen LogP contribution in [0, 0.1) is 0 Å². The van der Waals surface area contributed by atoms with Crippen LogP contribution in [-0.4, -0.2) is 30.5 Å². The number of hydrogen-bond donors (Lipinski definition) is 0. The summed E-state index contributed by atoms with van der Waals surface area (Å²) in [6.45, 7) is 1.60. The molecule has 1 atom stereocenters. The van der Waals surface area contributed by atoms with Crippen molar-refractivity contribution < 1.29 is 35.9 Å². The quantitative estimate of drug-likeness (QED) is 0.210. The summed E-state index contributed by atoms with van der Waals surface area (Å²) in [6.07, 6.45) is -3.15. The van der Waals surface area contributed by atoms with E-state index in [1.807, 2.05) is 16.8 Å². The molecule has 0 saturated carbocycles. The van der Waals surface area contributed by atoms with Gasteiger partial charge in [0.25, 0.3) is 0 Å². The Kier molecular flexibility index (Phi) is 7.85. The topological polar surface area (TPSA) is 29.5 Å². The molecule has 2 aliphatic rings. The van der Waals surface area contributed by atoms with E-state index >= 15 is 0 Å². The molecule has 5 rings (SSSR count). The number of carbonyl (C=O) groups excluding carboxylic acids is 1. The first-order chi connectivity index (χ1) is 18.9. The van der Waals surface area contributed by atoms with Crippen molar-refractivity contribution in [2.75, 3.05) is 19.6 Å². The number of hydrogen-bond acceptors (Lipinski definition) is 4. The summed E-state index contributed by atoms with van der Waals surface area (Å²) >= 11 is 1.40. The normalized spacial score (nSPS) is 17.6. The van der Waals surface area contributed by atoms with E-state index in [0.717, 1.165) is 31.5 Å². The number of alkyl halides is 6. The molecule has 0 radical (unpaired) electrons. The minimum Gasteiger partial charge on any atom is -0.460 e. The van der Waals surface area contributed by atoms with Crippen molar-refractivity contribution in [2.24, 2.45) is 0 Å². The molecule has 1 aliphatic carbocycles. The number of thiophene rings is 1. The van der Waals surface area contributed by atoms with Crippen LogP contribution in [0.2, 0.25) is 0 Å². The predicted octanol–water partition coefficient (Wildman–Crippen LogP) is 8.06. The Morgan fingerprint density at radius 2 is 1.65 bits per heavy atom. The molecule has 1 aliphatic heterocycles. The standard InChI is InChI=1S/C30H27F6NO2S/c31-29(32,33)23-15-20(16-24(17-23)30(34,35)36)18-39-27(38)25(22-7-14-40-19-22)6-11-37-12-9-28(10-13-37)8-5-21-3-1-2-4-26(21)28/h1-5,7-8,14-17,19,25H,6,9-13,18H2/t25-/m0/s1. The molecule has 1 aromatic heterocycles. The number of piperidine rings is 1. The highest BCUT2D eigenvalue weighted by Gasteiger charge is 2.39. The van der Waals surface area contributed by atoms with Gasteiger partial charge < -0.3 is 9.64 Å². The molecule has 0 bridgehead atoms. The summed E-state index contributed by atoms with van der Waals surface area (Å²) in [4.78, 5) is 15.4. The highest BCUT2D eigenvalue weighted by atomic mass is 32.1. The molecule has 2 heterocycles. The Morgan fingerprint density at radius 1 is 0.975 bits per heavy atom. The number of nitrogens with zero attached hydrogens (tertiary/aromatic N) is 1. The average molecular weight is 580 g/mol. The molecule has 1 saturated heterocycles. The molecule has 3 nitrogen and oxygen atoms in total. The van der Waals surface area contributed by atoms with Gasteiger partial charge >= 0.3 is 18.3 Å². The molecule has 2 aromatic carbocycles. The fourth-order valence-electron chi connectivity index (χ4n) is 5.61. The van der Waals surface area contributed by atoms with Gasteiger partial charge in [-0.1, -0.05) is 36.4 Å². The highest BCUT2D eigenvalue weighted by Crippen LogP contribution is 2.44. The molecule has 10 heteroatoms. The molecule has 212 valence electrons. The molecule has 3 aromatic rings. The second-order valence-corrected chi connectivity index (χ2v) is 11.1. The molecular formula is C30H27F6NO2S. The van der Waals surface area contributed by atoms with Crippen LogP contribution in [0.3, 0.4) is 0 Å². The summed E-state index contributed by atoms with van der Waals surface area (Å²) in [5, 5.41) is 3.62. The van der Waals surface area contributed by atoms with E-state index in [-0.39, 0.29) is 17.0 Å². The van der Waals surface area contributed by atoms with Gasteiger partial charge in [-0.05, 0) is 96.2 Å². The van der Waals surface area contributed by atoms with Gasteiger partial charge in [0.05, 0.1) is 17.0 Å². The average Bonchev–Trinajstić information content (AvgIpc) is 3.57. The van der Waals surface area contributed by atoms with Crippen LogP contribution in [0.25, 0.3) is 6.08 Å². The Bertz CT molecular complexity index is 1340. The van der Waals surface area contributed by atoms with Gasteiger partial charge in [0.15, 0.2) is 0 Å². The van der Waals surface area contributed by atoms with E-state index in [4.69, 9.17) is 4.74 Å². The predicted molar refractivity (Wildman–Crippen MR) is 141 cm³/mol. The molecule has 0 unspecified atom stereocenters. The number of halogens is 6. The van der Waals surface area contributed by atoms with E-state index < -0.39 is 42.0 Å². The lowest BCUT2D eigenvalue weighted by Crippen LogP contribution is -2.41. The number of esters is 1. The van der Waals surface area contributed by atoms with Crippen LogP contribution in [0.1, 0.15) is 58.6 Å². The Morgan fingerprint density at radius 3 is 2.27 bits per heavy atom. The van der Waals surface area contributed by atoms with Gasteiger partial charge in [-0.3, -0.25) is 4.79 Å². The number of ether oxygens (including phenoxy) is 1. The van der Waals surface area contributed by atoms with Crippen LogP contribution in [-0.2, 0) is 33.9 Å². The third-order valence-electron chi connectivity index (χ3n) is 7.82. The van der Waals surface area contributed by atoms with E-state index in [9.17, 15) is 31.1 Å². The number of fused-ring (bicyclic) bond motifs is 2. The number of rotatable bonds is 7. The fraction of sp³-hybridized carbons (Fsp3) is 0.367. The third kappa shape index (κ3) is 6.12. The van der Waals surface area contributed by atoms with E-state index in [0.29, 0.717) is 25.1 Å². The Labute approximate surface area is 232 Å². The second kappa shape index (κ2) is 11.0. The van der Waals surface area contributed by atoms with Gasteiger partial charge in [0, 0.05) is 5.41 Å². The van der Waals surface area contributed by atoms with Crippen LogP contribution >= 0.6 is 11.3 Å². The third-order valence-corrected chi connectivity index (χ3v) is 8.52. The van der Waals surface area contributed by atoms with Crippen LogP contribution in [0.4, 0.5) is 26.3 Å². The zero-order valence-corrected chi connectivity index (χ0v) is 22.2. The number of allylic oxidation sites excluding steroid dienone is 1. The van der Waals surface area contributed by atoms with Gasteiger partial charge in [-0.15, -0.1) is 0 Å². The molecular weight excluding hydrogens is 552 g/mol. The maximum Gasteiger partial charge on any atom is 0.416 e. The maximum absolute atomic E-state index is 13.2. The smallest absolute Gasteiger partial charge is 0.416 e. The summed E-state index contributed by atoms with van der Waals surface area (Å²) in [5.41, 5.74) is 0.0913. The summed E-state index contributed by atoms with van der Waals surface area (Å²) in [6, 6.07) is 11.4. The van der Waals surface area contributed by atoms with Crippen molar-refractivity contribution in [1.29, 1.82) is 0 Å². The van der Waals surface area contributed by atoms with Crippen molar-refractivity contribution in [3.63, 3.8) is 0 Å². The van der Waals surface area contributed by atoms with E-state index in [1.54, 1.807) is 6.07 Å². The maximum atomic E-state index is 13.2. The van der Waals surface area contributed by atoms with Crippen molar-refractivity contribution in [2.45, 2.75) is 49.6 Å². The highest BCUT2D eigenvalue weighted by molar-refractivity contribution is 7.08. The molecule has 40 heavy (non-hydrogen) atoms. The molecule has 1 fully saturated rings. The van der Waals surface area contributed by atoms with Crippen molar-refractivity contribution in [3.8, 4) is 0 Å². The first-order valence-electron chi connectivity index (χ1n) is 12.9. The summed E-state index contributed by atoms with van der Waals surface area (Å²) in [7, 11) is 0. The van der Waals surface area contributed by atoms with Crippen LogP contribution in [0.15, 0.2) is 65.4 Å². The zero-order valence-electron chi connectivity index (χ0n) is 21.4. The van der Waals surface area contributed by atoms with Crippen LogP contribution < -0.4 is 0 Å². The monoisotopic (exact) mass is 579 g/mol. The lowest BCUT2D eigenvalue weighted by atomic mass is 9.74. The minimum absolute atomic E-state index is 0.0268. The first kappa shape index (κ1) is 28.4. The number of likely N-dealkylation sites (tertiary alicyclic amines) is 1. The number of carbonyl (C=O) groups is 1. The zero-order chi connectivity index (χ0) is 28.5. The first-order valence-corrected chi connectivity index (χ1v) is 13.9. The largest absolute Gasteiger partial charge is 0.460 e. The fourth-order valence-corrected chi connectivity index (χ4v) is 6.32. The Hall–Kier alpha value is -3.11. The van der Waals surface area contributed by atoms with Crippen molar-refractivity contribution >= 4 is 23.4 Å². The second-order valence-electron chi connectivity index (χ2n) is 10.3. The Balaban J connectivity index is 1.23.